The highest BCUT2D eigenvalue weighted by atomic mass is 32.2. The van der Waals surface area contributed by atoms with Crippen molar-refractivity contribution in [3.63, 3.8) is 0 Å². The number of carbonyl (C=O) groups is 2. The van der Waals surface area contributed by atoms with Gasteiger partial charge in [-0.15, -0.1) is 11.8 Å². The lowest BCUT2D eigenvalue weighted by Crippen LogP contribution is -2.38. The van der Waals surface area contributed by atoms with E-state index in [2.05, 4.69) is 5.32 Å². The van der Waals surface area contributed by atoms with Gasteiger partial charge in [0.2, 0.25) is 5.91 Å². The molecule has 1 fully saturated rings. The van der Waals surface area contributed by atoms with Gasteiger partial charge in [0.05, 0.1) is 17.0 Å². The molecule has 1 aromatic heterocycles. The number of hydrogen-bond donors (Lipinski definition) is 1. The van der Waals surface area contributed by atoms with Crippen molar-refractivity contribution in [1.29, 1.82) is 0 Å². The van der Waals surface area contributed by atoms with Crippen LogP contribution in [0.3, 0.4) is 0 Å². The average Bonchev–Trinajstić information content (AvgIpc) is 2.79. The van der Waals surface area contributed by atoms with Crippen LogP contribution in [-0.4, -0.2) is 32.8 Å². The molecule has 0 saturated heterocycles. The largest absolute Gasteiger partial charge is 0.456 e. The molecule has 0 unspecified atom stereocenters. The molecule has 178 valence electrons. The lowest BCUT2D eigenvalue weighted by molar-refractivity contribution is -0.119. The van der Waals surface area contributed by atoms with Crippen LogP contribution in [0.25, 0.3) is 0 Å². The Bertz CT molecular complexity index is 1100. The summed E-state index contributed by atoms with van der Waals surface area (Å²) in [6.07, 6.45) is 8.05. The molecular weight excluding hydrogens is 442 g/mol. The number of amides is 1. The maximum atomic E-state index is 12.7. The van der Waals surface area contributed by atoms with E-state index in [0.717, 1.165) is 30.3 Å². The standard InChI is InChI=1S/C24H31N3O5S/c1-26-18(14-22(29)27(2)24(26)31)15-32-23(30)19-12-8-9-13-20(19)33-16-21(28)25-17-10-6-4-3-5-7-11-17/h8-9,12-14,17H,3-7,10-11,15-16H2,1-2H3,(H,25,28). The molecule has 1 amide bonds. The van der Waals surface area contributed by atoms with Crippen molar-refractivity contribution in [3.8, 4) is 0 Å². The smallest absolute Gasteiger partial charge is 0.339 e. The summed E-state index contributed by atoms with van der Waals surface area (Å²) in [5.41, 5.74) is -0.300. The van der Waals surface area contributed by atoms with Crippen LogP contribution in [0, 0.1) is 0 Å². The van der Waals surface area contributed by atoms with Gasteiger partial charge in [0.25, 0.3) is 5.56 Å². The third-order valence-corrected chi connectivity index (χ3v) is 6.99. The molecule has 0 radical (unpaired) electrons. The SMILES string of the molecule is Cn1c(COC(=O)c2ccccc2SCC(=O)NC2CCCCCCC2)cc(=O)n(C)c1=O. The predicted molar refractivity (Wildman–Crippen MR) is 127 cm³/mol. The first-order valence-corrected chi connectivity index (χ1v) is 12.3. The Hall–Kier alpha value is -2.81. The third kappa shape index (κ3) is 6.83. The van der Waals surface area contributed by atoms with E-state index in [4.69, 9.17) is 4.74 Å². The fourth-order valence-electron chi connectivity index (χ4n) is 3.91. The Morgan fingerprint density at radius 1 is 1.03 bits per heavy atom. The van der Waals surface area contributed by atoms with Gasteiger partial charge < -0.3 is 10.1 Å². The maximum absolute atomic E-state index is 12.7. The minimum absolute atomic E-state index is 0.0381. The number of carbonyl (C=O) groups excluding carboxylic acids is 2. The number of nitrogens with zero attached hydrogens (tertiary/aromatic N) is 2. The second-order valence-electron chi connectivity index (χ2n) is 8.35. The number of aromatic nitrogens is 2. The van der Waals surface area contributed by atoms with Gasteiger partial charge in [-0.25, -0.2) is 9.59 Å². The van der Waals surface area contributed by atoms with Crippen molar-refractivity contribution in [3.05, 3.63) is 62.4 Å². The van der Waals surface area contributed by atoms with Crippen molar-refractivity contribution < 1.29 is 14.3 Å². The van der Waals surface area contributed by atoms with Gasteiger partial charge >= 0.3 is 11.7 Å². The molecule has 1 N–H and O–H groups in total. The van der Waals surface area contributed by atoms with E-state index in [9.17, 15) is 19.2 Å². The summed E-state index contributed by atoms with van der Waals surface area (Å²) >= 11 is 1.29. The number of esters is 1. The van der Waals surface area contributed by atoms with Gasteiger partial charge in [0.1, 0.15) is 6.61 Å². The fraction of sp³-hybridized carbons (Fsp3) is 0.500. The van der Waals surface area contributed by atoms with Gasteiger partial charge in [-0.3, -0.25) is 18.7 Å². The first-order valence-electron chi connectivity index (χ1n) is 11.3. The van der Waals surface area contributed by atoms with Crippen LogP contribution in [-0.2, 0) is 30.2 Å². The second kappa shape index (κ2) is 11.9. The summed E-state index contributed by atoms with van der Waals surface area (Å²) in [6.45, 7) is -0.207. The Kier molecular flexibility index (Phi) is 8.94. The minimum atomic E-state index is -0.577. The number of thioether (sulfide) groups is 1. The quantitative estimate of drug-likeness (QED) is 0.490. The Labute approximate surface area is 197 Å². The number of rotatable bonds is 7. The van der Waals surface area contributed by atoms with E-state index in [0.29, 0.717) is 16.2 Å². The molecule has 0 atom stereocenters. The van der Waals surface area contributed by atoms with Gasteiger partial charge in [0.15, 0.2) is 0 Å². The van der Waals surface area contributed by atoms with Crippen molar-refractivity contribution in [1.82, 2.24) is 14.5 Å². The van der Waals surface area contributed by atoms with Crippen molar-refractivity contribution in [2.75, 3.05) is 5.75 Å². The van der Waals surface area contributed by atoms with Crippen LogP contribution in [0.1, 0.15) is 61.0 Å². The predicted octanol–water partition coefficient (Wildman–Crippen LogP) is 2.76. The van der Waals surface area contributed by atoms with Crippen molar-refractivity contribution in [2.45, 2.75) is 62.5 Å². The van der Waals surface area contributed by atoms with Gasteiger partial charge in [-0.1, -0.05) is 44.2 Å². The molecular formula is C24H31N3O5S. The Morgan fingerprint density at radius 3 is 2.42 bits per heavy atom. The molecule has 1 heterocycles. The number of benzene rings is 1. The molecule has 1 saturated carbocycles. The molecule has 0 aliphatic heterocycles. The van der Waals surface area contributed by atoms with Crippen molar-refractivity contribution >= 4 is 23.6 Å². The first kappa shape index (κ1) is 24.8. The molecule has 33 heavy (non-hydrogen) atoms. The third-order valence-electron chi connectivity index (χ3n) is 5.91. The summed E-state index contributed by atoms with van der Waals surface area (Å²) in [4.78, 5) is 49.8. The van der Waals surface area contributed by atoms with Gasteiger partial charge in [0, 0.05) is 31.1 Å². The van der Waals surface area contributed by atoms with E-state index in [1.54, 1.807) is 24.3 Å². The van der Waals surface area contributed by atoms with Crippen LogP contribution in [0.2, 0.25) is 0 Å². The molecule has 0 spiro atoms. The summed E-state index contributed by atoms with van der Waals surface area (Å²) in [7, 11) is 2.91. The van der Waals surface area contributed by atoms with Crippen LogP contribution < -0.4 is 16.6 Å². The molecule has 0 bridgehead atoms. The lowest BCUT2D eigenvalue weighted by Gasteiger charge is -2.21. The molecule has 8 nitrogen and oxygen atoms in total. The average molecular weight is 474 g/mol. The van der Waals surface area contributed by atoms with Crippen LogP contribution in [0.15, 0.2) is 44.8 Å². The molecule has 3 rings (SSSR count). The monoisotopic (exact) mass is 473 g/mol. The summed E-state index contributed by atoms with van der Waals surface area (Å²) in [5.74, 6) is -0.403. The zero-order chi connectivity index (χ0) is 23.8. The van der Waals surface area contributed by atoms with Crippen LogP contribution in [0.5, 0.6) is 0 Å². The molecule has 9 heteroatoms. The first-order chi connectivity index (χ1) is 15.9. The van der Waals surface area contributed by atoms with E-state index in [1.165, 1.54) is 55.8 Å². The number of ether oxygens (including phenoxy) is 1. The molecule has 2 aromatic rings. The Balaban J connectivity index is 1.59. The summed E-state index contributed by atoms with van der Waals surface area (Å²) in [5, 5.41) is 3.13. The minimum Gasteiger partial charge on any atom is -0.456 e. The van der Waals surface area contributed by atoms with Gasteiger partial charge in [-0.05, 0) is 25.0 Å². The van der Waals surface area contributed by atoms with Crippen molar-refractivity contribution in [2.24, 2.45) is 14.1 Å². The Morgan fingerprint density at radius 2 is 1.70 bits per heavy atom. The lowest BCUT2D eigenvalue weighted by atomic mass is 9.97. The zero-order valence-electron chi connectivity index (χ0n) is 19.2. The summed E-state index contributed by atoms with van der Waals surface area (Å²) in [6, 6.07) is 8.44. The van der Waals surface area contributed by atoms with Crippen LogP contribution >= 0.6 is 11.8 Å². The number of nitrogens with one attached hydrogen (secondary N) is 1. The van der Waals surface area contributed by atoms with E-state index >= 15 is 0 Å². The molecule has 1 aromatic carbocycles. The molecule has 1 aliphatic carbocycles. The van der Waals surface area contributed by atoms with E-state index in [1.807, 2.05) is 0 Å². The zero-order valence-corrected chi connectivity index (χ0v) is 20.0. The van der Waals surface area contributed by atoms with Crippen LogP contribution in [0.4, 0.5) is 0 Å². The second-order valence-corrected chi connectivity index (χ2v) is 9.36. The highest BCUT2D eigenvalue weighted by Crippen LogP contribution is 2.24. The highest BCUT2D eigenvalue weighted by Gasteiger charge is 2.17. The molecule has 1 aliphatic rings. The van der Waals surface area contributed by atoms with Gasteiger partial charge in [-0.2, -0.15) is 0 Å². The van der Waals surface area contributed by atoms with E-state index in [-0.39, 0.29) is 24.3 Å². The highest BCUT2D eigenvalue weighted by molar-refractivity contribution is 8.00. The van der Waals surface area contributed by atoms with E-state index < -0.39 is 17.2 Å². The number of hydrogen-bond acceptors (Lipinski definition) is 6. The summed E-state index contributed by atoms with van der Waals surface area (Å²) < 4.78 is 7.64. The maximum Gasteiger partial charge on any atom is 0.339 e. The normalized spacial score (nSPS) is 14.8. The fourth-order valence-corrected chi connectivity index (χ4v) is 4.76. The topological polar surface area (TPSA) is 99.4 Å².